The Balaban J connectivity index is 3.39. The molecule has 0 bridgehead atoms. The van der Waals surface area contributed by atoms with Crippen LogP contribution in [0.5, 0.6) is 0 Å². The van der Waals surface area contributed by atoms with Crippen molar-refractivity contribution in [3.63, 3.8) is 0 Å². The molecule has 0 amide bonds. The smallest absolute Gasteiger partial charge is 0.264 e. The maximum Gasteiger partial charge on any atom is 0.264 e. The Bertz CT molecular complexity index is 191. The summed E-state index contributed by atoms with van der Waals surface area (Å²) in [5.74, 6) is 0. The van der Waals surface area contributed by atoms with E-state index in [0.29, 0.717) is 6.42 Å². The van der Waals surface area contributed by atoms with Gasteiger partial charge in [-0.15, -0.1) is 0 Å². The molecule has 10 heavy (non-hydrogen) atoms. The molecule has 60 valence electrons. The minimum atomic E-state index is -3.24. The van der Waals surface area contributed by atoms with Gasteiger partial charge in [0, 0.05) is 0 Å². The van der Waals surface area contributed by atoms with Crippen molar-refractivity contribution >= 4 is 10.1 Å². The van der Waals surface area contributed by atoms with E-state index in [1.807, 2.05) is 19.1 Å². The number of allylic oxidation sites excluding steroid dienone is 1. The molecule has 0 rings (SSSR count). The van der Waals surface area contributed by atoms with Gasteiger partial charge in [0.2, 0.25) is 0 Å². The number of hydrogen-bond acceptors (Lipinski definition) is 3. The molecule has 0 spiro atoms. The highest BCUT2D eigenvalue weighted by molar-refractivity contribution is 7.85. The van der Waals surface area contributed by atoms with E-state index in [9.17, 15) is 8.42 Å². The average molecular weight is 164 g/mol. The average Bonchev–Trinajstić information content (AvgIpc) is 1.78. The van der Waals surface area contributed by atoms with Gasteiger partial charge in [-0.25, -0.2) is 0 Å². The summed E-state index contributed by atoms with van der Waals surface area (Å²) in [5, 5.41) is 0. The van der Waals surface area contributed by atoms with Gasteiger partial charge in [0.05, 0.1) is 12.9 Å². The largest absolute Gasteiger partial charge is 0.270 e. The highest BCUT2D eigenvalue weighted by atomic mass is 32.2. The fourth-order valence-electron chi connectivity index (χ4n) is 0.434. The molecule has 0 aromatic heterocycles. The van der Waals surface area contributed by atoms with Gasteiger partial charge in [-0.05, 0) is 13.3 Å². The Morgan fingerprint density at radius 2 is 2.10 bits per heavy atom. The summed E-state index contributed by atoms with van der Waals surface area (Å²) in [5.41, 5.74) is 0. The van der Waals surface area contributed by atoms with Crippen LogP contribution in [0.1, 0.15) is 13.3 Å². The summed E-state index contributed by atoms with van der Waals surface area (Å²) in [4.78, 5) is 0. The molecule has 3 nitrogen and oxygen atoms in total. The number of hydrogen-bond donors (Lipinski definition) is 0. The van der Waals surface area contributed by atoms with Crippen LogP contribution in [-0.4, -0.2) is 21.3 Å². The quantitative estimate of drug-likeness (QED) is 0.352. The van der Waals surface area contributed by atoms with Crippen molar-refractivity contribution in [2.24, 2.45) is 0 Å². The van der Waals surface area contributed by atoms with E-state index in [4.69, 9.17) is 0 Å². The Kier molecular flexibility index (Phi) is 4.31. The molecular weight excluding hydrogens is 152 g/mol. The van der Waals surface area contributed by atoms with Crippen molar-refractivity contribution in [3.8, 4) is 0 Å². The molecule has 0 radical (unpaired) electrons. The zero-order valence-corrected chi connectivity index (χ0v) is 7.02. The second kappa shape index (κ2) is 4.46. The van der Waals surface area contributed by atoms with Crippen LogP contribution in [0.2, 0.25) is 0 Å². The van der Waals surface area contributed by atoms with Gasteiger partial charge in [-0.3, -0.25) is 4.18 Å². The fourth-order valence-corrected chi connectivity index (χ4v) is 0.833. The molecule has 0 aliphatic heterocycles. The van der Waals surface area contributed by atoms with Crippen LogP contribution < -0.4 is 0 Å². The first kappa shape index (κ1) is 9.65. The molecule has 0 aliphatic rings. The highest BCUT2D eigenvalue weighted by Crippen LogP contribution is 1.90. The van der Waals surface area contributed by atoms with E-state index < -0.39 is 10.1 Å². The molecule has 0 aliphatic carbocycles. The lowest BCUT2D eigenvalue weighted by Crippen LogP contribution is -2.02. The van der Waals surface area contributed by atoms with E-state index in [-0.39, 0.29) is 6.61 Å². The third-order valence-corrected chi connectivity index (χ3v) is 1.41. The van der Waals surface area contributed by atoms with Gasteiger partial charge in [-0.1, -0.05) is 12.2 Å². The molecule has 0 atom stereocenters. The van der Waals surface area contributed by atoms with E-state index >= 15 is 0 Å². The standard InChI is InChI=1S/C6H12O3S/c1-3-4-5-6-9-10(2,7)8/h3-4H,5-6H2,1-2H3. The lowest BCUT2D eigenvalue weighted by molar-refractivity contribution is 0.328. The maximum atomic E-state index is 10.3. The Labute approximate surface area is 61.8 Å². The minimum absolute atomic E-state index is 0.239. The van der Waals surface area contributed by atoms with Crippen molar-refractivity contribution in [2.45, 2.75) is 13.3 Å². The summed E-state index contributed by atoms with van der Waals surface area (Å²) in [7, 11) is -3.24. The van der Waals surface area contributed by atoms with E-state index in [1.165, 1.54) is 0 Å². The minimum Gasteiger partial charge on any atom is -0.270 e. The van der Waals surface area contributed by atoms with Crippen molar-refractivity contribution < 1.29 is 12.6 Å². The van der Waals surface area contributed by atoms with Crippen molar-refractivity contribution in [1.29, 1.82) is 0 Å². The lowest BCUT2D eigenvalue weighted by Gasteiger charge is -1.95. The van der Waals surface area contributed by atoms with Gasteiger partial charge >= 0.3 is 0 Å². The monoisotopic (exact) mass is 164 g/mol. The normalized spacial score (nSPS) is 12.6. The zero-order valence-electron chi connectivity index (χ0n) is 6.20. The first-order chi connectivity index (χ1) is 4.56. The molecule has 4 heteroatoms. The summed E-state index contributed by atoms with van der Waals surface area (Å²) < 4.78 is 25.1. The predicted octanol–water partition coefficient (Wildman–Crippen LogP) is 0.929. The van der Waals surface area contributed by atoms with Gasteiger partial charge in [0.25, 0.3) is 10.1 Å². The summed E-state index contributed by atoms with van der Waals surface area (Å²) in [6.45, 7) is 2.11. The topological polar surface area (TPSA) is 43.4 Å². The molecule has 0 fully saturated rings. The van der Waals surface area contributed by atoms with Crippen LogP contribution in [0.25, 0.3) is 0 Å². The van der Waals surface area contributed by atoms with Crippen LogP contribution in [0.15, 0.2) is 12.2 Å². The van der Waals surface area contributed by atoms with Crippen molar-refractivity contribution in [2.75, 3.05) is 12.9 Å². The summed E-state index contributed by atoms with van der Waals surface area (Å²) >= 11 is 0. The Morgan fingerprint density at radius 3 is 2.50 bits per heavy atom. The summed E-state index contributed by atoms with van der Waals surface area (Å²) in [6.07, 6.45) is 5.39. The fraction of sp³-hybridized carbons (Fsp3) is 0.667. The third kappa shape index (κ3) is 7.65. The third-order valence-electron chi connectivity index (χ3n) is 0.818. The van der Waals surface area contributed by atoms with Crippen LogP contribution >= 0.6 is 0 Å². The van der Waals surface area contributed by atoms with E-state index in [0.717, 1.165) is 6.26 Å². The first-order valence-electron chi connectivity index (χ1n) is 3.02. The molecular formula is C6H12O3S. The maximum absolute atomic E-state index is 10.3. The van der Waals surface area contributed by atoms with Crippen LogP contribution in [0.4, 0.5) is 0 Å². The van der Waals surface area contributed by atoms with Crippen molar-refractivity contribution in [1.82, 2.24) is 0 Å². The first-order valence-corrected chi connectivity index (χ1v) is 4.83. The summed E-state index contributed by atoms with van der Waals surface area (Å²) in [6, 6.07) is 0. The van der Waals surface area contributed by atoms with Gasteiger partial charge in [0.1, 0.15) is 0 Å². The van der Waals surface area contributed by atoms with E-state index in [2.05, 4.69) is 4.18 Å². The molecule has 0 aromatic carbocycles. The van der Waals surface area contributed by atoms with Crippen LogP contribution in [0.3, 0.4) is 0 Å². The van der Waals surface area contributed by atoms with E-state index in [1.54, 1.807) is 0 Å². The van der Waals surface area contributed by atoms with Gasteiger partial charge in [0.15, 0.2) is 0 Å². The van der Waals surface area contributed by atoms with Gasteiger partial charge in [-0.2, -0.15) is 8.42 Å². The predicted molar refractivity (Wildman–Crippen MR) is 40.2 cm³/mol. The molecule has 0 N–H and O–H groups in total. The second-order valence-electron chi connectivity index (χ2n) is 1.88. The van der Waals surface area contributed by atoms with Crippen LogP contribution in [-0.2, 0) is 14.3 Å². The SMILES string of the molecule is CC=CCCOS(C)(=O)=O. The molecule has 0 saturated carbocycles. The van der Waals surface area contributed by atoms with Gasteiger partial charge < -0.3 is 0 Å². The molecule has 0 saturated heterocycles. The molecule has 0 heterocycles. The zero-order chi connectivity index (χ0) is 8.04. The molecule has 0 aromatic rings. The second-order valence-corrected chi connectivity index (χ2v) is 3.53. The van der Waals surface area contributed by atoms with Crippen LogP contribution in [0, 0.1) is 0 Å². The Hall–Kier alpha value is -0.350. The number of rotatable bonds is 4. The molecule has 0 unspecified atom stereocenters. The highest BCUT2D eigenvalue weighted by Gasteiger charge is 1.97. The van der Waals surface area contributed by atoms with Crippen molar-refractivity contribution in [3.05, 3.63) is 12.2 Å². The lowest BCUT2D eigenvalue weighted by atomic mass is 10.4. The Morgan fingerprint density at radius 1 is 1.50 bits per heavy atom.